The summed E-state index contributed by atoms with van der Waals surface area (Å²) in [6.07, 6.45) is 0.524. The molecule has 1 aromatic carbocycles. The molecule has 0 radical (unpaired) electrons. The van der Waals surface area contributed by atoms with Crippen LogP contribution in [0.5, 0.6) is 0 Å². The topological polar surface area (TPSA) is 32.3 Å². The largest absolute Gasteiger partial charge is 0.387 e. The number of aliphatic hydroxyl groups excluding tert-OH is 1. The monoisotopic (exact) mass is 257 g/mol. The molecule has 1 rings (SSSR count). The van der Waals surface area contributed by atoms with E-state index in [9.17, 15) is 5.11 Å². The number of aliphatic hydroxyl groups is 1. The Morgan fingerprint density at radius 2 is 2.21 bits per heavy atom. The number of benzene rings is 1. The molecule has 1 atom stereocenters. The normalized spacial score (nSPS) is 12.9. The predicted octanol–water partition coefficient (Wildman–Crippen LogP) is 2.26. The summed E-state index contributed by atoms with van der Waals surface area (Å²) in [6, 6.07) is 6.05. The Balaban J connectivity index is 2.97. The molecule has 0 aliphatic heterocycles. The Kier molecular flexibility index (Phi) is 4.58. The number of hydrogen-bond donors (Lipinski definition) is 2. The average Bonchev–Trinajstić information content (AvgIpc) is 2.18. The summed E-state index contributed by atoms with van der Waals surface area (Å²) in [5.74, 6) is 0. The van der Waals surface area contributed by atoms with Crippen molar-refractivity contribution in [3.8, 4) is 0 Å². The third-order valence-corrected chi connectivity index (χ3v) is 2.74. The maximum absolute atomic E-state index is 9.87. The van der Waals surface area contributed by atoms with Gasteiger partial charge in [0.1, 0.15) is 0 Å². The van der Waals surface area contributed by atoms with Crippen molar-refractivity contribution in [1.82, 2.24) is 5.32 Å². The van der Waals surface area contributed by atoms with Gasteiger partial charge in [-0.15, -0.1) is 0 Å². The third kappa shape index (κ3) is 2.80. The van der Waals surface area contributed by atoms with Gasteiger partial charge in [-0.1, -0.05) is 28.9 Å². The highest BCUT2D eigenvalue weighted by Crippen LogP contribution is 2.22. The maximum Gasteiger partial charge on any atom is 0.0917 e. The molecule has 0 aromatic heterocycles. The van der Waals surface area contributed by atoms with Crippen LogP contribution in [0.1, 0.15) is 24.2 Å². The highest BCUT2D eigenvalue weighted by Gasteiger charge is 2.10. The fraction of sp³-hybridized carbons (Fsp3) is 0.455. The standard InChI is InChI=1S/C11H16BrNO/c1-3-8-4-5-9(12)6-10(8)11(14)7-13-2/h4-6,11,13-14H,3,7H2,1-2H3. The van der Waals surface area contributed by atoms with Crippen LogP contribution in [-0.2, 0) is 6.42 Å². The molecule has 0 fully saturated rings. The number of halogens is 1. The second-order valence-electron chi connectivity index (χ2n) is 3.27. The fourth-order valence-corrected chi connectivity index (χ4v) is 1.88. The van der Waals surface area contributed by atoms with Crippen molar-refractivity contribution in [1.29, 1.82) is 0 Å². The molecule has 0 aliphatic carbocycles. The Hall–Kier alpha value is -0.380. The highest BCUT2D eigenvalue weighted by atomic mass is 79.9. The molecule has 14 heavy (non-hydrogen) atoms. The van der Waals surface area contributed by atoms with E-state index in [1.54, 1.807) is 0 Å². The minimum absolute atomic E-state index is 0.424. The van der Waals surface area contributed by atoms with Crippen molar-refractivity contribution >= 4 is 15.9 Å². The minimum atomic E-state index is -0.424. The molecule has 0 amide bonds. The lowest BCUT2D eigenvalue weighted by atomic mass is 10.0. The zero-order valence-electron chi connectivity index (χ0n) is 8.55. The van der Waals surface area contributed by atoms with Crippen LogP contribution < -0.4 is 5.32 Å². The quantitative estimate of drug-likeness (QED) is 0.868. The Morgan fingerprint density at radius 1 is 1.50 bits per heavy atom. The third-order valence-electron chi connectivity index (χ3n) is 2.25. The molecule has 0 saturated heterocycles. The van der Waals surface area contributed by atoms with Crippen LogP contribution in [0.25, 0.3) is 0 Å². The molecule has 0 aliphatic rings. The second kappa shape index (κ2) is 5.49. The van der Waals surface area contributed by atoms with Crippen LogP contribution in [0.4, 0.5) is 0 Å². The van der Waals surface area contributed by atoms with Crippen LogP contribution in [-0.4, -0.2) is 18.7 Å². The molecule has 0 bridgehead atoms. The zero-order valence-corrected chi connectivity index (χ0v) is 10.1. The van der Waals surface area contributed by atoms with Gasteiger partial charge < -0.3 is 10.4 Å². The molecule has 1 unspecified atom stereocenters. The van der Waals surface area contributed by atoms with E-state index in [0.29, 0.717) is 6.54 Å². The molecule has 1 aromatic rings. The fourth-order valence-electron chi connectivity index (χ4n) is 1.50. The predicted molar refractivity (Wildman–Crippen MR) is 62.4 cm³/mol. The first kappa shape index (κ1) is 11.7. The molecular formula is C11H16BrNO. The van der Waals surface area contributed by atoms with Gasteiger partial charge in [-0.05, 0) is 36.7 Å². The molecule has 2 N–H and O–H groups in total. The van der Waals surface area contributed by atoms with Crippen LogP contribution in [0.15, 0.2) is 22.7 Å². The van der Waals surface area contributed by atoms with Gasteiger partial charge in [0, 0.05) is 11.0 Å². The van der Waals surface area contributed by atoms with Gasteiger partial charge in [-0.3, -0.25) is 0 Å². The summed E-state index contributed by atoms with van der Waals surface area (Å²) in [4.78, 5) is 0. The van der Waals surface area contributed by atoms with Crippen LogP contribution in [0.3, 0.4) is 0 Å². The minimum Gasteiger partial charge on any atom is -0.387 e. The first-order valence-corrected chi connectivity index (χ1v) is 5.59. The zero-order chi connectivity index (χ0) is 10.6. The first-order chi connectivity index (χ1) is 6.69. The van der Waals surface area contributed by atoms with E-state index >= 15 is 0 Å². The smallest absolute Gasteiger partial charge is 0.0917 e. The van der Waals surface area contributed by atoms with Gasteiger partial charge in [-0.25, -0.2) is 0 Å². The number of likely N-dealkylation sites (N-methyl/N-ethyl adjacent to an activating group) is 1. The molecule has 78 valence electrons. The van der Waals surface area contributed by atoms with E-state index in [2.05, 4.69) is 34.2 Å². The molecule has 2 nitrogen and oxygen atoms in total. The number of hydrogen-bond acceptors (Lipinski definition) is 2. The van der Waals surface area contributed by atoms with Crippen LogP contribution in [0.2, 0.25) is 0 Å². The lowest BCUT2D eigenvalue weighted by Crippen LogP contribution is -2.17. The van der Waals surface area contributed by atoms with E-state index in [-0.39, 0.29) is 0 Å². The van der Waals surface area contributed by atoms with Gasteiger partial charge in [0.2, 0.25) is 0 Å². The maximum atomic E-state index is 9.87. The number of nitrogens with one attached hydrogen (secondary N) is 1. The molecule has 0 heterocycles. The molecule has 0 spiro atoms. The lowest BCUT2D eigenvalue weighted by molar-refractivity contribution is 0.176. The second-order valence-corrected chi connectivity index (χ2v) is 4.19. The summed E-state index contributed by atoms with van der Waals surface area (Å²) in [7, 11) is 1.84. The van der Waals surface area contributed by atoms with Crippen LogP contribution in [0, 0.1) is 0 Å². The van der Waals surface area contributed by atoms with Gasteiger partial charge >= 0.3 is 0 Å². The van der Waals surface area contributed by atoms with Crippen molar-refractivity contribution < 1.29 is 5.11 Å². The Bertz CT molecular complexity index is 301. The van der Waals surface area contributed by atoms with E-state index in [1.165, 1.54) is 5.56 Å². The van der Waals surface area contributed by atoms with Crippen molar-refractivity contribution in [2.45, 2.75) is 19.4 Å². The molecule has 3 heteroatoms. The summed E-state index contributed by atoms with van der Waals surface area (Å²) in [5.41, 5.74) is 2.21. The van der Waals surface area contributed by atoms with Crippen molar-refractivity contribution in [3.05, 3.63) is 33.8 Å². The van der Waals surface area contributed by atoms with E-state index in [4.69, 9.17) is 0 Å². The SMILES string of the molecule is CCc1ccc(Br)cc1C(O)CNC. The van der Waals surface area contributed by atoms with Gasteiger partial charge in [0.25, 0.3) is 0 Å². The van der Waals surface area contributed by atoms with Gasteiger partial charge in [0.15, 0.2) is 0 Å². The van der Waals surface area contributed by atoms with Crippen molar-refractivity contribution in [3.63, 3.8) is 0 Å². The number of rotatable bonds is 4. The highest BCUT2D eigenvalue weighted by molar-refractivity contribution is 9.10. The van der Waals surface area contributed by atoms with Crippen molar-refractivity contribution in [2.24, 2.45) is 0 Å². The Morgan fingerprint density at radius 3 is 2.79 bits per heavy atom. The van der Waals surface area contributed by atoms with Gasteiger partial charge in [-0.2, -0.15) is 0 Å². The van der Waals surface area contributed by atoms with Crippen molar-refractivity contribution in [2.75, 3.05) is 13.6 Å². The Labute approximate surface area is 93.5 Å². The number of aryl methyl sites for hydroxylation is 1. The lowest BCUT2D eigenvalue weighted by Gasteiger charge is -2.14. The van der Waals surface area contributed by atoms with E-state index in [1.807, 2.05) is 19.2 Å². The molecule has 0 saturated carbocycles. The summed E-state index contributed by atoms with van der Waals surface area (Å²) in [6.45, 7) is 2.68. The summed E-state index contributed by atoms with van der Waals surface area (Å²) >= 11 is 3.41. The van der Waals surface area contributed by atoms with Gasteiger partial charge in [0.05, 0.1) is 6.10 Å². The van der Waals surface area contributed by atoms with E-state index < -0.39 is 6.10 Å². The summed E-state index contributed by atoms with van der Waals surface area (Å²) < 4.78 is 1.01. The molecular weight excluding hydrogens is 242 g/mol. The first-order valence-electron chi connectivity index (χ1n) is 4.80. The summed E-state index contributed by atoms with van der Waals surface area (Å²) in [5, 5.41) is 12.8. The average molecular weight is 258 g/mol. The van der Waals surface area contributed by atoms with E-state index in [0.717, 1.165) is 16.5 Å². The van der Waals surface area contributed by atoms with Crippen LogP contribution >= 0.6 is 15.9 Å².